The van der Waals surface area contributed by atoms with Crippen LogP contribution in [0.15, 0.2) is 29.6 Å². The summed E-state index contributed by atoms with van der Waals surface area (Å²) in [5.74, 6) is -0.759. The third kappa shape index (κ3) is 4.31. The first-order valence-electron chi connectivity index (χ1n) is 10.8. The molecule has 1 saturated carbocycles. The molecule has 158 valence electrons. The molecule has 1 saturated heterocycles. The molecule has 2 aliphatic rings. The first kappa shape index (κ1) is 20.7. The number of anilines is 1. The number of benzene rings is 1. The van der Waals surface area contributed by atoms with E-state index in [2.05, 4.69) is 41.5 Å². The van der Waals surface area contributed by atoms with E-state index < -0.39 is 0 Å². The highest BCUT2D eigenvalue weighted by molar-refractivity contribution is 7.14. The van der Waals surface area contributed by atoms with Crippen LogP contribution in [0, 0.1) is 11.8 Å². The highest BCUT2D eigenvalue weighted by atomic mass is 32.1. The van der Waals surface area contributed by atoms with Crippen LogP contribution in [-0.4, -0.2) is 34.2 Å². The molecule has 2 atom stereocenters. The molecule has 0 bridgehead atoms. The summed E-state index contributed by atoms with van der Waals surface area (Å²) in [6.45, 7) is 2.31. The molecule has 6 nitrogen and oxygen atoms in total. The Balaban J connectivity index is 1.31. The molecule has 1 aliphatic carbocycles. The molecule has 0 unspecified atom stereocenters. The Kier molecular flexibility index (Phi) is 6.27. The molecule has 1 aliphatic heterocycles. The van der Waals surface area contributed by atoms with E-state index in [0.29, 0.717) is 5.13 Å². The summed E-state index contributed by atoms with van der Waals surface area (Å²) in [5, 5.41) is 5.25. The van der Waals surface area contributed by atoms with Gasteiger partial charge in [-0.3, -0.25) is 19.3 Å². The maximum atomic E-state index is 12.5. The van der Waals surface area contributed by atoms with Crippen molar-refractivity contribution < 1.29 is 14.4 Å². The van der Waals surface area contributed by atoms with Crippen molar-refractivity contribution in [3.8, 4) is 11.3 Å². The van der Waals surface area contributed by atoms with Gasteiger partial charge < -0.3 is 5.32 Å². The van der Waals surface area contributed by atoms with Crippen molar-refractivity contribution in [1.29, 1.82) is 0 Å². The quantitative estimate of drug-likeness (QED) is 0.672. The summed E-state index contributed by atoms with van der Waals surface area (Å²) >= 11 is 1.37. The van der Waals surface area contributed by atoms with Gasteiger partial charge in [0, 0.05) is 23.9 Å². The number of likely N-dealkylation sites (tertiary alicyclic amines) is 1. The molecule has 1 aromatic heterocycles. The minimum Gasteiger partial charge on any atom is -0.302 e. The van der Waals surface area contributed by atoms with Crippen molar-refractivity contribution in [2.45, 2.75) is 51.9 Å². The minimum atomic E-state index is -0.232. The molecule has 7 heteroatoms. The van der Waals surface area contributed by atoms with E-state index in [4.69, 9.17) is 0 Å². The molecule has 4 rings (SSSR count). The second-order valence-electron chi connectivity index (χ2n) is 8.11. The standard InChI is InChI=1S/C23H27N3O3S/c1-2-5-15-8-10-16(11-9-15)19-14-30-23(24-19)25-20(27)12-13-26-21(28)17-6-3-4-7-18(17)22(26)29/h8-11,14,17-18H,2-7,12-13H2,1H3,(H,24,25,27)/t17-,18-/m1/s1. The second-order valence-corrected chi connectivity index (χ2v) is 8.97. The first-order chi connectivity index (χ1) is 14.6. The van der Waals surface area contributed by atoms with Crippen LogP contribution in [0.4, 0.5) is 5.13 Å². The Bertz CT molecular complexity index is 913. The summed E-state index contributed by atoms with van der Waals surface area (Å²) in [6.07, 6.45) is 5.85. The average Bonchev–Trinajstić information content (AvgIpc) is 3.31. The van der Waals surface area contributed by atoms with Crippen molar-refractivity contribution in [2.75, 3.05) is 11.9 Å². The summed E-state index contributed by atoms with van der Waals surface area (Å²) in [4.78, 5) is 43.2. The number of imide groups is 1. The third-order valence-electron chi connectivity index (χ3n) is 6.03. The van der Waals surface area contributed by atoms with Gasteiger partial charge in [-0.05, 0) is 24.8 Å². The fourth-order valence-corrected chi connectivity index (χ4v) is 5.18. The van der Waals surface area contributed by atoms with Crippen molar-refractivity contribution in [3.63, 3.8) is 0 Å². The third-order valence-corrected chi connectivity index (χ3v) is 6.79. The van der Waals surface area contributed by atoms with E-state index in [1.54, 1.807) is 0 Å². The van der Waals surface area contributed by atoms with E-state index in [-0.39, 0.29) is 42.5 Å². The van der Waals surface area contributed by atoms with E-state index in [1.807, 2.05) is 5.38 Å². The molecule has 2 heterocycles. The zero-order valence-electron chi connectivity index (χ0n) is 17.2. The van der Waals surface area contributed by atoms with Gasteiger partial charge in [-0.2, -0.15) is 0 Å². The number of hydrogen-bond acceptors (Lipinski definition) is 5. The first-order valence-corrected chi connectivity index (χ1v) is 11.6. The molecule has 0 radical (unpaired) electrons. The number of amides is 3. The number of aromatic nitrogens is 1. The van der Waals surface area contributed by atoms with Gasteiger partial charge in [0.05, 0.1) is 17.5 Å². The van der Waals surface area contributed by atoms with Gasteiger partial charge in [-0.15, -0.1) is 11.3 Å². The highest BCUT2D eigenvalue weighted by Gasteiger charge is 2.47. The number of carbonyl (C=O) groups excluding carboxylic acids is 3. The van der Waals surface area contributed by atoms with Crippen molar-refractivity contribution in [2.24, 2.45) is 11.8 Å². The Morgan fingerprint density at radius 2 is 1.80 bits per heavy atom. The van der Waals surface area contributed by atoms with Gasteiger partial charge in [0.15, 0.2) is 5.13 Å². The largest absolute Gasteiger partial charge is 0.302 e. The molecule has 30 heavy (non-hydrogen) atoms. The summed E-state index contributed by atoms with van der Waals surface area (Å²) in [5.41, 5.74) is 3.14. The van der Waals surface area contributed by atoms with E-state index in [1.165, 1.54) is 21.8 Å². The molecular formula is C23H27N3O3S. The van der Waals surface area contributed by atoms with Crippen LogP contribution >= 0.6 is 11.3 Å². The molecule has 1 N–H and O–H groups in total. The van der Waals surface area contributed by atoms with Gasteiger partial charge in [0.25, 0.3) is 0 Å². The van der Waals surface area contributed by atoms with Crippen LogP contribution < -0.4 is 5.32 Å². The van der Waals surface area contributed by atoms with Gasteiger partial charge >= 0.3 is 0 Å². The Morgan fingerprint density at radius 3 is 2.43 bits per heavy atom. The number of rotatable bonds is 7. The zero-order valence-corrected chi connectivity index (χ0v) is 18.0. The number of aryl methyl sites for hydroxylation is 1. The molecule has 2 fully saturated rings. The molecular weight excluding hydrogens is 398 g/mol. The lowest BCUT2D eigenvalue weighted by molar-refractivity contribution is -0.140. The normalized spacial score (nSPS) is 21.0. The zero-order chi connectivity index (χ0) is 21.1. The number of fused-ring (bicyclic) bond motifs is 1. The van der Waals surface area contributed by atoms with Gasteiger partial charge in [-0.1, -0.05) is 50.5 Å². The molecule has 1 aromatic carbocycles. The fraction of sp³-hybridized carbons (Fsp3) is 0.478. The van der Waals surface area contributed by atoms with E-state index in [9.17, 15) is 14.4 Å². The van der Waals surface area contributed by atoms with Crippen LogP contribution in [0.5, 0.6) is 0 Å². The second kappa shape index (κ2) is 9.08. The number of carbonyl (C=O) groups is 3. The van der Waals surface area contributed by atoms with Crippen molar-refractivity contribution >= 4 is 34.2 Å². The predicted octanol–water partition coefficient (Wildman–Crippen LogP) is 4.27. The van der Waals surface area contributed by atoms with E-state index in [0.717, 1.165) is 49.8 Å². The van der Waals surface area contributed by atoms with Crippen LogP contribution in [0.1, 0.15) is 51.0 Å². The lowest BCUT2D eigenvalue weighted by atomic mass is 9.81. The smallest absolute Gasteiger partial charge is 0.233 e. The number of hydrogen-bond donors (Lipinski definition) is 1. The van der Waals surface area contributed by atoms with Crippen LogP contribution in [0.2, 0.25) is 0 Å². The molecule has 0 spiro atoms. The van der Waals surface area contributed by atoms with Crippen molar-refractivity contribution in [1.82, 2.24) is 9.88 Å². The van der Waals surface area contributed by atoms with Gasteiger partial charge in [0.1, 0.15) is 0 Å². The van der Waals surface area contributed by atoms with Gasteiger partial charge in [0.2, 0.25) is 17.7 Å². The summed E-state index contributed by atoms with van der Waals surface area (Å²) in [6, 6.07) is 8.32. The van der Waals surface area contributed by atoms with Crippen LogP contribution in [0.3, 0.4) is 0 Å². The Hall–Kier alpha value is -2.54. The number of nitrogens with one attached hydrogen (secondary N) is 1. The predicted molar refractivity (Wildman–Crippen MR) is 117 cm³/mol. The van der Waals surface area contributed by atoms with Gasteiger partial charge in [-0.25, -0.2) is 4.98 Å². The van der Waals surface area contributed by atoms with E-state index >= 15 is 0 Å². The number of thiazole rings is 1. The SMILES string of the molecule is CCCc1ccc(-c2csc(NC(=O)CCN3C(=O)[C@@H]4CCCC[C@H]4C3=O)n2)cc1. The maximum absolute atomic E-state index is 12.5. The fourth-order valence-electron chi connectivity index (χ4n) is 4.44. The Labute approximate surface area is 180 Å². The topological polar surface area (TPSA) is 79.4 Å². The van der Waals surface area contributed by atoms with Crippen LogP contribution in [-0.2, 0) is 20.8 Å². The summed E-state index contributed by atoms with van der Waals surface area (Å²) in [7, 11) is 0. The lowest BCUT2D eigenvalue weighted by Gasteiger charge is -2.19. The molecule has 3 amide bonds. The Morgan fingerprint density at radius 1 is 1.13 bits per heavy atom. The average molecular weight is 426 g/mol. The monoisotopic (exact) mass is 425 g/mol. The van der Waals surface area contributed by atoms with Crippen LogP contribution in [0.25, 0.3) is 11.3 Å². The van der Waals surface area contributed by atoms with Crippen molar-refractivity contribution in [3.05, 3.63) is 35.2 Å². The number of nitrogens with zero attached hydrogens (tertiary/aromatic N) is 2. The highest BCUT2D eigenvalue weighted by Crippen LogP contribution is 2.38. The lowest BCUT2D eigenvalue weighted by Crippen LogP contribution is -2.34. The maximum Gasteiger partial charge on any atom is 0.233 e. The minimum absolute atomic E-state index is 0.0948. The molecule has 2 aromatic rings. The summed E-state index contributed by atoms with van der Waals surface area (Å²) < 4.78 is 0.